The van der Waals surface area contributed by atoms with Crippen molar-refractivity contribution in [1.82, 2.24) is 10.3 Å². The Hall–Kier alpha value is -3.46. The average molecular weight is 524 g/mol. The number of thioether (sulfide) groups is 1. The van der Waals surface area contributed by atoms with Crippen molar-refractivity contribution in [3.63, 3.8) is 0 Å². The molecule has 0 spiro atoms. The normalized spacial score (nSPS) is 17.3. The van der Waals surface area contributed by atoms with Gasteiger partial charge in [0.2, 0.25) is 5.91 Å². The van der Waals surface area contributed by atoms with Gasteiger partial charge in [-0.3, -0.25) is 19.2 Å². The van der Waals surface area contributed by atoms with Gasteiger partial charge in [-0.15, -0.1) is 0 Å². The molecule has 3 atom stereocenters. The molecule has 1 N–H and O–H groups in total. The van der Waals surface area contributed by atoms with Crippen LogP contribution < -0.4 is 5.32 Å². The minimum atomic E-state index is -0.875. The van der Waals surface area contributed by atoms with Gasteiger partial charge >= 0.3 is 5.97 Å². The molecular weight excluding hydrogens is 490 g/mol. The van der Waals surface area contributed by atoms with Crippen molar-refractivity contribution in [3.05, 3.63) is 71.8 Å². The van der Waals surface area contributed by atoms with Crippen LogP contribution in [0.25, 0.3) is 0 Å². The Balaban J connectivity index is 1.84. The monoisotopic (exact) mass is 523 g/mol. The van der Waals surface area contributed by atoms with Crippen molar-refractivity contribution in [2.24, 2.45) is 11.0 Å². The molecule has 37 heavy (non-hydrogen) atoms. The first-order chi connectivity index (χ1) is 17.8. The van der Waals surface area contributed by atoms with Crippen LogP contribution in [0, 0.1) is 5.92 Å². The fourth-order valence-electron chi connectivity index (χ4n) is 4.16. The summed E-state index contributed by atoms with van der Waals surface area (Å²) < 4.78 is 5.04. The number of nitrogens with one attached hydrogen (secondary N) is 1. The van der Waals surface area contributed by atoms with Crippen LogP contribution in [0.2, 0.25) is 0 Å². The van der Waals surface area contributed by atoms with E-state index in [0.29, 0.717) is 18.6 Å². The van der Waals surface area contributed by atoms with Crippen molar-refractivity contribution in [1.29, 1.82) is 0 Å². The maximum absolute atomic E-state index is 13.5. The van der Waals surface area contributed by atoms with Gasteiger partial charge in [0.15, 0.2) is 5.12 Å². The van der Waals surface area contributed by atoms with Crippen LogP contribution in [0.3, 0.4) is 0 Å². The fraction of sp³-hybridized carbons (Fsp3) is 0.393. The highest BCUT2D eigenvalue weighted by molar-refractivity contribution is 8.13. The number of benzene rings is 2. The molecule has 9 heteroatoms. The summed E-state index contributed by atoms with van der Waals surface area (Å²) in [5.41, 5.74) is 2.46. The molecule has 0 aromatic heterocycles. The van der Waals surface area contributed by atoms with E-state index in [4.69, 9.17) is 4.74 Å². The van der Waals surface area contributed by atoms with Crippen molar-refractivity contribution in [3.8, 4) is 0 Å². The smallest absolute Gasteiger partial charge is 0.327 e. The number of hydrazone groups is 1. The Morgan fingerprint density at radius 2 is 1.76 bits per heavy atom. The van der Waals surface area contributed by atoms with Gasteiger partial charge in [-0.05, 0) is 36.8 Å². The lowest BCUT2D eigenvalue weighted by atomic mass is 9.88. The number of esters is 1. The number of hydrogen-bond acceptors (Lipinski definition) is 7. The first kappa shape index (κ1) is 28.1. The van der Waals surface area contributed by atoms with E-state index >= 15 is 0 Å². The molecule has 0 saturated heterocycles. The second kappa shape index (κ2) is 13.7. The summed E-state index contributed by atoms with van der Waals surface area (Å²) in [5.74, 6) is -1.80. The van der Waals surface area contributed by atoms with E-state index in [1.807, 2.05) is 67.6 Å². The van der Waals surface area contributed by atoms with Gasteiger partial charge in [-0.1, -0.05) is 79.3 Å². The van der Waals surface area contributed by atoms with Crippen molar-refractivity contribution >= 4 is 40.4 Å². The molecule has 0 bridgehead atoms. The zero-order valence-electron chi connectivity index (χ0n) is 21.4. The van der Waals surface area contributed by atoms with Crippen LogP contribution in [0.4, 0.5) is 0 Å². The molecule has 0 fully saturated rings. The van der Waals surface area contributed by atoms with Gasteiger partial charge in [0.1, 0.15) is 12.6 Å². The molecule has 2 aromatic rings. The Morgan fingerprint density at radius 3 is 2.38 bits per heavy atom. The fourth-order valence-corrected chi connectivity index (χ4v) is 5.01. The largest absolute Gasteiger partial charge is 0.465 e. The summed E-state index contributed by atoms with van der Waals surface area (Å²) in [6.45, 7) is 4.94. The van der Waals surface area contributed by atoms with Crippen LogP contribution in [-0.2, 0) is 23.9 Å². The molecule has 3 rings (SSSR count). The second-order valence-electron chi connectivity index (χ2n) is 8.82. The zero-order valence-corrected chi connectivity index (χ0v) is 22.2. The molecule has 8 nitrogen and oxygen atoms in total. The van der Waals surface area contributed by atoms with Gasteiger partial charge in [0, 0.05) is 12.7 Å². The van der Waals surface area contributed by atoms with Crippen molar-refractivity contribution in [2.45, 2.75) is 45.6 Å². The third kappa shape index (κ3) is 8.01. The Morgan fingerprint density at radius 1 is 1.11 bits per heavy atom. The lowest BCUT2D eigenvalue weighted by molar-refractivity contribution is -0.149. The van der Waals surface area contributed by atoms with Crippen LogP contribution in [0.1, 0.15) is 50.7 Å². The van der Waals surface area contributed by atoms with Gasteiger partial charge in [-0.2, -0.15) is 5.10 Å². The number of carbonyl (C=O) groups is 4. The first-order valence-electron chi connectivity index (χ1n) is 12.4. The van der Waals surface area contributed by atoms with E-state index in [1.165, 1.54) is 6.92 Å². The molecule has 1 heterocycles. The van der Waals surface area contributed by atoms with E-state index in [1.54, 1.807) is 6.92 Å². The van der Waals surface area contributed by atoms with Crippen LogP contribution in [0.5, 0.6) is 0 Å². The molecular formula is C28H33N3O5S. The Labute approximate surface area is 221 Å². The number of rotatable bonds is 10. The highest BCUT2D eigenvalue weighted by Crippen LogP contribution is 2.28. The molecule has 0 aliphatic carbocycles. The minimum Gasteiger partial charge on any atom is -0.465 e. The molecule has 2 amide bonds. The van der Waals surface area contributed by atoms with E-state index in [-0.39, 0.29) is 35.8 Å². The third-order valence-corrected chi connectivity index (χ3v) is 7.14. The van der Waals surface area contributed by atoms with Gasteiger partial charge in [0.25, 0.3) is 5.91 Å². The zero-order chi connectivity index (χ0) is 26.8. The lowest BCUT2D eigenvalue weighted by Crippen LogP contribution is -2.50. The van der Waals surface area contributed by atoms with Crippen molar-refractivity contribution < 1.29 is 23.9 Å². The number of carbonyl (C=O) groups excluding carboxylic acids is 4. The van der Waals surface area contributed by atoms with Gasteiger partial charge in [0.05, 0.1) is 18.2 Å². The van der Waals surface area contributed by atoms with Gasteiger partial charge in [-0.25, -0.2) is 5.01 Å². The lowest BCUT2D eigenvalue weighted by Gasteiger charge is -2.26. The summed E-state index contributed by atoms with van der Waals surface area (Å²) in [6, 6.07) is 18.2. The highest BCUT2D eigenvalue weighted by atomic mass is 32.2. The maximum atomic E-state index is 13.5. The maximum Gasteiger partial charge on any atom is 0.327 e. The number of ether oxygens (including phenoxy) is 1. The average Bonchev–Trinajstić information content (AvgIpc) is 3.04. The summed E-state index contributed by atoms with van der Waals surface area (Å²) in [7, 11) is 0. The molecule has 0 unspecified atom stereocenters. The minimum absolute atomic E-state index is 0.0786. The van der Waals surface area contributed by atoms with Crippen molar-refractivity contribution in [2.75, 3.05) is 18.9 Å². The molecule has 1 aliphatic rings. The molecule has 1 aliphatic heterocycles. The third-order valence-electron chi connectivity index (χ3n) is 6.20. The van der Waals surface area contributed by atoms with E-state index in [9.17, 15) is 19.2 Å². The number of nitrogens with zero attached hydrogens (tertiary/aromatic N) is 2. The molecule has 196 valence electrons. The van der Waals surface area contributed by atoms with E-state index in [0.717, 1.165) is 27.9 Å². The second-order valence-corrected chi connectivity index (χ2v) is 10.0. The SMILES string of the molecule is CCOC(=O)CN1N=C(c2ccccc2)CC[C@H](NC(=O)[C@@H](CSC(C)=O)[C@H](C)c2ccccc2)C1=O. The Bertz CT molecular complexity index is 1120. The van der Waals surface area contributed by atoms with Crippen LogP contribution >= 0.6 is 11.8 Å². The first-order valence-corrected chi connectivity index (χ1v) is 13.4. The standard InChI is InChI=1S/C28H33N3O5S/c1-4-36-26(33)17-31-28(35)25(16-15-24(30-31)22-13-9-6-10-14-22)29-27(34)23(18-37-20(3)32)19(2)21-11-7-5-8-12-21/h5-14,19,23,25H,4,15-18H2,1-3H3,(H,29,34)/t19-,23+,25+/m1/s1. The molecule has 0 saturated carbocycles. The summed E-state index contributed by atoms with van der Waals surface area (Å²) in [4.78, 5) is 50.9. The topological polar surface area (TPSA) is 105 Å². The molecule has 0 radical (unpaired) electrons. The van der Waals surface area contributed by atoms with Crippen LogP contribution in [0.15, 0.2) is 65.8 Å². The van der Waals surface area contributed by atoms with Crippen LogP contribution in [-0.4, -0.2) is 58.6 Å². The van der Waals surface area contributed by atoms with E-state index in [2.05, 4.69) is 10.4 Å². The van der Waals surface area contributed by atoms with Gasteiger partial charge < -0.3 is 10.1 Å². The summed E-state index contributed by atoms with van der Waals surface area (Å²) in [6.07, 6.45) is 0.755. The quantitative estimate of drug-likeness (QED) is 0.476. The predicted octanol–water partition coefficient (Wildman–Crippen LogP) is 3.76. The highest BCUT2D eigenvalue weighted by Gasteiger charge is 2.34. The molecule has 2 aromatic carbocycles. The Kier molecular flexibility index (Phi) is 10.4. The summed E-state index contributed by atoms with van der Waals surface area (Å²) in [5, 5.41) is 8.42. The number of hydrogen-bond donors (Lipinski definition) is 1. The predicted molar refractivity (Wildman–Crippen MR) is 144 cm³/mol. The number of amides is 2. The van der Waals surface area contributed by atoms with E-state index < -0.39 is 23.8 Å². The summed E-state index contributed by atoms with van der Waals surface area (Å²) >= 11 is 1.09.